The summed E-state index contributed by atoms with van der Waals surface area (Å²) in [5, 5.41) is 9.88. The Morgan fingerprint density at radius 3 is 2.79 bits per heavy atom. The Balaban J connectivity index is 1.86. The van der Waals surface area contributed by atoms with Gasteiger partial charge in [0, 0.05) is 12.4 Å². The maximum absolute atomic E-state index is 9.88. The molecule has 0 spiro atoms. The van der Waals surface area contributed by atoms with E-state index in [0.717, 1.165) is 19.3 Å². The van der Waals surface area contributed by atoms with Gasteiger partial charge in [-0.3, -0.25) is 4.98 Å². The minimum absolute atomic E-state index is 0.266. The standard InChI is InChI=1S/C20H26N2O2/c1-14(2)17-7-8-20(3,24-19-13-21-9-10-22-19)12-18(17)15-5-4-6-16(23)11-15/h4-6,9-11,13-14,17-18,23H,7-8,12H2,1-3H3. The first-order valence-corrected chi connectivity index (χ1v) is 8.71. The fraction of sp³-hybridized carbons (Fsp3) is 0.500. The predicted octanol–water partition coefficient (Wildman–Crippen LogP) is 4.56. The van der Waals surface area contributed by atoms with Gasteiger partial charge in [-0.05, 0) is 61.6 Å². The lowest BCUT2D eigenvalue weighted by molar-refractivity contribution is 0.00843. The van der Waals surface area contributed by atoms with Crippen LogP contribution in [-0.2, 0) is 0 Å². The van der Waals surface area contributed by atoms with E-state index in [0.29, 0.717) is 29.4 Å². The zero-order valence-electron chi connectivity index (χ0n) is 14.6. The quantitative estimate of drug-likeness (QED) is 0.895. The Morgan fingerprint density at radius 2 is 2.12 bits per heavy atom. The minimum atomic E-state index is -0.266. The third-order valence-corrected chi connectivity index (χ3v) is 5.22. The average Bonchev–Trinajstić information content (AvgIpc) is 2.55. The van der Waals surface area contributed by atoms with Crippen molar-refractivity contribution in [3.8, 4) is 11.6 Å². The summed E-state index contributed by atoms with van der Waals surface area (Å²) >= 11 is 0. The second-order valence-corrected chi connectivity index (χ2v) is 7.45. The maximum atomic E-state index is 9.88. The molecule has 4 nitrogen and oxygen atoms in total. The predicted molar refractivity (Wildman–Crippen MR) is 94.1 cm³/mol. The Bertz CT molecular complexity index is 674. The summed E-state index contributed by atoms with van der Waals surface area (Å²) in [5.74, 6) is 2.46. The average molecular weight is 326 g/mol. The van der Waals surface area contributed by atoms with Crippen LogP contribution in [0.2, 0.25) is 0 Å². The number of phenolic OH excluding ortho intramolecular Hbond substituents is 1. The molecule has 2 aromatic rings. The van der Waals surface area contributed by atoms with E-state index >= 15 is 0 Å². The van der Waals surface area contributed by atoms with E-state index in [1.54, 1.807) is 24.7 Å². The topological polar surface area (TPSA) is 55.2 Å². The van der Waals surface area contributed by atoms with Crippen molar-refractivity contribution < 1.29 is 9.84 Å². The second kappa shape index (κ2) is 6.80. The van der Waals surface area contributed by atoms with Crippen molar-refractivity contribution in [3.05, 3.63) is 48.4 Å². The van der Waals surface area contributed by atoms with Crippen LogP contribution in [0.5, 0.6) is 11.6 Å². The summed E-state index contributed by atoms with van der Waals surface area (Å²) in [7, 11) is 0. The smallest absolute Gasteiger partial charge is 0.232 e. The molecule has 128 valence electrons. The zero-order chi connectivity index (χ0) is 17.2. The first-order chi connectivity index (χ1) is 11.5. The molecule has 0 amide bonds. The molecule has 1 N–H and O–H groups in total. The summed E-state index contributed by atoms with van der Waals surface area (Å²) < 4.78 is 6.22. The molecule has 3 rings (SSSR count). The monoisotopic (exact) mass is 326 g/mol. The molecular weight excluding hydrogens is 300 g/mol. The fourth-order valence-corrected chi connectivity index (χ4v) is 3.99. The van der Waals surface area contributed by atoms with Crippen molar-refractivity contribution in [1.82, 2.24) is 9.97 Å². The summed E-state index contributed by atoms with van der Waals surface area (Å²) in [6.07, 6.45) is 8.00. The van der Waals surface area contributed by atoms with E-state index < -0.39 is 0 Å². The van der Waals surface area contributed by atoms with Crippen LogP contribution >= 0.6 is 0 Å². The molecule has 3 atom stereocenters. The van der Waals surface area contributed by atoms with Crippen LogP contribution in [0.15, 0.2) is 42.9 Å². The number of aromatic nitrogens is 2. The highest BCUT2D eigenvalue weighted by Crippen LogP contribution is 2.47. The number of aromatic hydroxyl groups is 1. The number of hydrogen-bond acceptors (Lipinski definition) is 4. The Morgan fingerprint density at radius 1 is 1.29 bits per heavy atom. The lowest BCUT2D eigenvalue weighted by atomic mass is 9.66. The van der Waals surface area contributed by atoms with Crippen LogP contribution in [-0.4, -0.2) is 20.7 Å². The van der Waals surface area contributed by atoms with Crippen LogP contribution in [0.1, 0.15) is 51.5 Å². The third kappa shape index (κ3) is 3.69. The van der Waals surface area contributed by atoms with Gasteiger partial charge in [0.2, 0.25) is 5.88 Å². The summed E-state index contributed by atoms with van der Waals surface area (Å²) in [5.41, 5.74) is 0.930. The summed E-state index contributed by atoms with van der Waals surface area (Å²) in [6, 6.07) is 7.67. The molecular formula is C20H26N2O2. The summed E-state index contributed by atoms with van der Waals surface area (Å²) in [4.78, 5) is 8.35. The zero-order valence-corrected chi connectivity index (χ0v) is 14.6. The Kier molecular flexibility index (Phi) is 4.74. The van der Waals surface area contributed by atoms with E-state index in [4.69, 9.17) is 4.74 Å². The van der Waals surface area contributed by atoms with Gasteiger partial charge in [-0.1, -0.05) is 26.0 Å². The maximum Gasteiger partial charge on any atom is 0.232 e. The van der Waals surface area contributed by atoms with Crippen molar-refractivity contribution in [1.29, 1.82) is 0 Å². The van der Waals surface area contributed by atoms with E-state index in [1.807, 2.05) is 12.1 Å². The van der Waals surface area contributed by atoms with Crippen molar-refractivity contribution in [3.63, 3.8) is 0 Å². The SMILES string of the molecule is CC(C)C1CCC(C)(Oc2cnccn2)CC1c1cccc(O)c1. The van der Waals surface area contributed by atoms with Crippen molar-refractivity contribution >= 4 is 0 Å². The van der Waals surface area contributed by atoms with Gasteiger partial charge in [-0.25, -0.2) is 4.98 Å². The highest BCUT2D eigenvalue weighted by Gasteiger charge is 2.41. The molecule has 0 aliphatic heterocycles. The second-order valence-electron chi connectivity index (χ2n) is 7.45. The molecule has 1 aliphatic rings. The molecule has 3 unspecified atom stereocenters. The van der Waals surface area contributed by atoms with Crippen LogP contribution in [0.3, 0.4) is 0 Å². The molecule has 0 saturated heterocycles. The molecule has 1 heterocycles. The molecule has 24 heavy (non-hydrogen) atoms. The highest BCUT2D eigenvalue weighted by atomic mass is 16.5. The molecule has 1 aromatic carbocycles. The Hall–Kier alpha value is -2.10. The van der Waals surface area contributed by atoms with Crippen molar-refractivity contribution in [2.75, 3.05) is 0 Å². The van der Waals surface area contributed by atoms with Crippen LogP contribution in [0.4, 0.5) is 0 Å². The minimum Gasteiger partial charge on any atom is -0.508 e. The first-order valence-electron chi connectivity index (χ1n) is 8.71. The van der Waals surface area contributed by atoms with E-state index in [9.17, 15) is 5.11 Å². The lowest BCUT2D eigenvalue weighted by Gasteiger charge is -2.44. The van der Waals surface area contributed by atoms with Crippen molar-refractivity contribution in [2.24, 2.45) is 11.8 Å². The number of nitrogens with zero attached hydrogens (tertiary/aromatic N) is 2. The molecule has 1 saturated carbocycles. The lowest BCUT2D eigenvalue weighted by Crippen LogP contribution is -2.42. The van der Waals surface area contributed by atoms with Crippen molar-refractivity contribution in [2.45, 2.75) is 51.6 Å². The number of benzene rings is 1. The van der Waals surface area contributed by atoms with Gasteiger partial charge in [0.15, 0.2) is 0 Å². The number of hydrogen-bond donors (Lipinski definition) is 1. The first kappa shape index (κ1) is 16.7. The molecule has 0 radical (unpaired) electrons. The normalized spacial score (nSPS) is 27.2. The molecule has 0 bridgehead atoms. The molecule has 1 aliphatic carbocycles. The highest BCUT2D eigenvalue weighted by molar-refractivity contribution is 5.31. The van der Waals surface area contributed by atoms with Gasteiger partial charge >= 0.3 is 0 Å². The van der Waals surface area contributed by atoms with E-state index in [2.05, 4.69) is 36.8 Å². The number of ether oxygens (including phenoxy) is 1. The van der Waals surface area contributed by atoms with Gasteiger partial charge in [0.05, 0.1) is 6.20 Å². The van der Waals surface area contributed by atoms with Gasteiger partial charge < -0.3 is 9.84 Å². The fourth-order valence-electron chi connectivity index (χ4n) is 3.99. The van der Waals surface area contributed by atoms with E-state index in [-0.39, 0.29) is 5.60 Å². The van der Waals surface area contributed by atoms with Gasteiger partial charge in [-0.2, -0.15) is 0 Å². The van der Waals surface area contributed by atoms with Gasteiger partial charge in [-0.15, -0.1) is 0 Å². The van der Waals surface area contributed by atoms with Crippen LogP contribution < -0.4 is 4.74 Å². The largest absolute Gasteiger partial charge is 0.508 e. The molecule has 4 heteroatoms. The number of phenols is 1. The summed E-state index contributed by atoms with van der Waals surface area (Å²) in [6.45, 7) is 6.73. The Labute approximate surface area is 143 Å². The van der Waals surface area contributed by atoms with Crippen LogP contribution in [0.25, 0.3) is 0 Å². The third-order valence-electron chi connectivity index (χ3n) is 5.22. The molecule has 1 aromatic heterocycles. The van der Waals surface area contributed by atoms with Crippen LogP contribution in [0, 0.1) is 11.8 Å². The van der Waals surface area contributed by atoms with Gasteiger partial charge in [0.25, 0.3) is 0 Å². The van der Waals surface area contributed by atoms with Gasteiger partial charge in [0.1, 0.15) is 11.4 Å². The van der Waals surface area contributed by atoms with E-state index in [1.165, 1.54) is 5.56 Å². The molecule has 1 fully saturated rings. The number of rotatable bonds is 4.